The molecule has 2 aliphatic rings. The number of benzene rings is 1. The van der Waals surface area contributed by atoms with Crippen molar-refractivity contribution in [3.05, 3.63) is 36.9 Å². The van der Waals surface area contributed by atoms with Gasteiger partial charge in [-0.25, -0.2) is 0 Å². The molecule has 0 aromatic heterocycles. The molecule has 2 saturated heterocycles. The number of likely N-dealkylation sites (tertiary alicyclic amines) is 1. The monoisotopic (exact) mass is 315 g/mol. The molecule has 122 valence electrons. The molecule has 0 aliphatic carbocycles. The third-order valence-corrected chi connectivity index (χ3v) is 4.14. The van der Waals surface area contributed by atoms with E-state index in [4.69, 9.17) is 4.74 Å². The minimum absolute atomic E-state index is 0.155. The van der Waals surface area contributed by atoms with Crippen molar-refractivity contribution in [1.29, 1.82) is 0 Å². The van der Waals surface area contributed by atoms with Gasteiger partial charge in [0.15, 0.2) is 0 Å². The third kappa shape index (κ3) is 3.37. The number of amides is 2. The van der Waals surface area contributed by atoms with Crippen LogP contribution < -0.4 is 10.2 Å². The average molecular weight is 315 g/mol. The summed E-state index contributed by atoms with van der Waals surface area (Å²) in [5.41, 5.74) is 1.98. The first-order valence-corrected chi connectivity index (χ1v) is 7.83. The van der Waals surface area contributed by atoms with E-state index >= 15 is 0 Å². The molecule has 0 bridgehead atoms. The molecular weight excluding hydrogens is 294 g/mol. The highest BCUT2D eigenvalue weighted by atomic mass is 16.5. The number of rotatable bonds is 5. The lowest BCUT2D eigenvalue weighted by Crippen LogP contribution is -2.36. The molecule has 0 saturated carbocycles. The molecule has 1 atom stereocenters. The number of morpholine rings is 1. The van der Waals surface area contributed by atoms with Gasteiger partial charge in [-0.3, -0.25) is 14.5 Å². The minimum atomic E-state index is -0.489. The molecule has 2 amide bonds. The first-order chi connectivity index (χ1) is 11.2. The summed E-state index contributed by atoms with van der Waals surface area (Å²) < 4.78 is 5.35. The van der Waals surface area contributed by atoms with Crippen LogP contribution in [0, 0.1) is 0 Å². The summed E-state index contributed by atoms with van der Waals surface area (Å²) in [4.78, 5) is 27.5. The van der Waals surface area contributed by atoms with Gasteiger partial charge < -0.3 is 15.0 Å². The summed E-state index contributed by atoms with van der Waals surface area (Å²) in [6.45, 7) is 7.12. The summed E-state index contributed by atoms with van der Waals surface area (Å²) in [5, 5.41) is 3.15. The van der Waals surface area contributed by atoms with E-state index in [1.807, 2.05) is 24.3 Å². The maximum absolute atomic E-state index is 12.2. The largest absolute Gasteiger partial charge is 0.378 e. The average Bonchev–Trinajstić information content (AvgIpc) is 2.84. The first-order valence-electron chi connectivity index (χ1n) is 7.83. The van der Waals surface area contributed by atoms with Crippen molar-refractivity contribution < 1.29 is 14.3 Å². The Morgan fingerprint density at radius 2 is 1.91 bits per heavy atom. The van der Waals surface area contributed by atoms with E-state index < -0.39 is 6.04 Å². The number of carbonyl (C=O) groups excluding carboxylic acids is 2. The zero-order valence-corrected chi connectivity index (χ0v) is 13.0. The number of nitrogens with one attached hydrogen (secondary N) is 1. The summed E-state index contributed by atoms with van der Waals surface area (Å²) in [6, 6.07) is 7.45. The molecule has 3 rings (SSSR count). The van der Waals surface area contributed by atoms with E-state index in [1.165, 1.54) is 4.90 Å². The predicted molar refractivity (Wildman–Crippen MR) is 88.4 cm³/mol. The van der Waals surface area contributed by atoms with Gasteiger partial charge in [-0.15, -0.1) is 6.58 Å². The van der Waals surface area contributed by atoms with E-state index in [-0.39, 0.29) is 24.8 Å². The number of carbonyl (C=O) groups is 2. The number of ether oxygens (including phenoxy) is 1. The van der Waals surface area contributed by atoms with Gasteiger partial charge in [-0.2, -0.15) is 0 Å². The van der Waals surface area contributed by atoms with Gasteiger partial charge in [0.25, 0.3) is 5.91 Å². The maximum Gasteiger partial charge on any atom is 0.252 e. The summed E-state index contributed by atoms with van der Waals surface area (Å²) in [7, 11) is 0. The van der Waals surface area contributed by atoms with E-state index in [0.29, 0.717) is 0 Å². The Bertz CT molecular complexity index is 594. The van der Waals surface area contributed by atoms with E-state index in [0.717, 1.165) is 37.7 Å². The van der Waals surface area contributed by atoms with Crippen LogP contribution in [0.4, 0.5) is 11.4 Å². The highest BCUT2D eigenvalue weighted by molar-refractivity contribution is 6.06. The zero-order chi connectivity index (χ0) is 16.2. The molecule has 6 heteroatoms. The van der Waals surface area contributed by atoms with Gasteiger partial charge >= 0.3 is 0 Å². The molecule has 1 N–H and O–H groups in total. The van der Waals surface area contributed by atoms with Gasteiger partial charge in [-0.1, -0.05) is 6.08 Å². The van der Waals surface area contributed by atoms with Crippen LogP contribution in [0.5, 0.6) is 0 Å². The van der Waals surface area contributed by atoms with Gasteiger partial charge in [0.1, 0.15) is 6.04 Å². The number of hydrogen-bond acceptors (Lipinski definition) is 5. The first kappa shape index (κ1) is 15.6. The van der Waals surface area contributed by atoms with Gasteiger partial charge in [-0.05, 0) is 24.3 Å². The molecule has 2 heterocycles. The van der Waals surface area contributed by atoms with Gasteiger partial charge in [0, 0.05) is 31.0 Å². The molecule has 23 heavy (non-hydrogen) atoms. The lowest BCUT2D eigenvalue weighted by molar-refractivity contribution is -0.137. The van der Waals surface area contributed by atoms with E-state index in [1.54, 1.807) is 6.08 Å². The second-order valence-electron chi connectivity index (χ2n) is 5.68. The molecule has 2 aliphatic heterocycles. The second-order valence-corrected chi connectivity index (χ2v) is 5.68. The Hall–Kier alpha value is -2.34. The van der Waals surface area contributed by atoms with Gasteiger partial charge in [0.2, 0.25) is 5.91 Å². The fraction of sp³-hybridized carbons (Fsp3) is 0.412. The van der Waals surface area contributed by atoms with Crippen LogP contribution in [-0.2, 0) is 14.3 Å². The van der Waals surface area contributed by atoms with Crippen molar-refractivity contribution in [2.24, 2.45) is 0 Å². The van der Waals surface area contributed by atoms with Crippen molar-refractivity contribution in [2.45, 2.75) is 12.5 Å². The fourth-order valence-electron chi connectivity index (χ4n) is 2.91. The second kappa shape index (κ2) is 6.83. The number of nitrogens with zero attached hydrogens (tertiary/aromatic N) is 2. The fourth-order valence-corrected chi connectivity index (χ4v) is 2.91. The highest BCUT2D eigenvalue weighted by Crippen LogP contribution is 2.22. The molecule has 1 aromatic rings. The summed E-state index contributed by atoms with van der Waals surface area (Å²) >= 11 is 0. The smallest absolute Gasteiger partial charge is 0.252 e. The van der Waals surface area contributed by atoms with Crippen LogP contribution in [0.15, 0.2) is 36.9 Å². The SMILES string of the molecule is C=CCN1C(=O)CC(Nc2ccc(N3CCOCC3)cc2)C1=O. The Kier molecular flexibility index (Phi) is 4.62. The van der Waals surface area contributed by atoms with Crippen molar-refractivity contribution in [3.63, 3.8) is 0 Å². The lowest BCUT2D eigenvalue weighted by atomic mass is 10.2. The maximum atomic E-state index is 12.2. The van der Waals surface area contributed by atoms with E-state index in [9.17, 15) is 9.59 Å². The van der Waals surface area contributed by atoms with Crippen LogP contribution in [-0.4, -0.2) is 55.6 Å². The van der Waals surface area contributed by atoms with Crippen LogP contribution in [0.3, 0.4) is 0 Å². The normalized spacial score (nSPS) is 21.7. The van der Waals surface area contributed by atoms with Gasteiger partial charge in [0.05, 0.1) is 19.6 Å². The van der Waals surface area contributed by atoms with Crippen molar-refractivity contribution in [3.8, 4) is 0 Å². The summed E-state index contributed by atoms with van der Waals surface area (Å²) in [5.74, 6) is -0.343. The lowest BCUT2D eigenvalue weighted by Gasteiger charge is -2.29. The van der Waals surface area contributed by atoms with Crippen LogP contribution in [0.25, 0.3) is 0 Å². The third-order valence-electron chi connectivity index (χ3n) is 4.14. The Morgan fingerprint density at radius 1 is 1.22 bits per heavy atom. The number of anilines is 2. The molecule has 0 spiro atoms. The van der Waals surface area contributed by atoms with Crippen LogP contribution >= 0.6 is 0 Å². The zero-order valence-electron chi connectivity index (χ0n) is 13.0. The predicted octanol–water partition coefficient (Wildman–Crippen LogP) is 1.25. The Balaban J connectivity index is 1.63. The summed E-state index contributed by atoms with van der Waals surface area (Å²) in [6.07, 6.45) is 1.76. The standard InChI is InChI=1S/C17H21N3O3/c1-2-7-20-16(21)12-15(17(20)22)18-13-3-5-14(6-4-13)19-8-10-23-11-9-19/h2-6,15,18H,1,7-12H2. The number of imide groups is 1. The topological polar surface area (TPSA) is 61.9 Å². The molecule has 2 fully saturated rings. The molecule has 1 aromatic carbocycles. The quantitative estimate of drug-likeness (QED) is 0.654. The molecular formula is C17H21N3O3. The van der Waals surface area contributed by atoms with Crippen molar-refractivity contribution in [1.82, 2.24) is 4.90 Å². The Morgan fingerprint density at radius 3 is 2.57 bits per heavy atom. The van der Waals surface area contributed by atoms with Crippen LogP contribution in [0.1, 0.15) is 6.42 Å². The Labute approximate surface area is 135 Å². The number of hydrogen-bond donors (Lipinski definition) is 1. The van der Waals surface area contributed by atoms with E-state index in [2.05, 4.69) is 16.8 Å². The minimum Gasteiger partial charge on any atom is -0.378 e. The van der Waals surface area contributed by atoms with Crippen LogP contribution in [0.2, 0.25) is 0 Å². The molecule has 0 radical (unpaired) electrons. The highest BCUT2D eigenvalue weighted by Gasteiger charge is 2.37. The molecule has 1 unspecified atom stereocenters. The molecule has 6 nitrogen and oxygen atoms in total. The van der Waals surface area contributed by atoms with Crippen molar-refractivity contribution >= 4 is 23.2 Å². The van der Waals surface area contributed by atoms with Crippen molar-refractivity contribution in [2.75, 3.05) is 43.1 Å².